The van der Waals surface area contributed by atoms with Crippen molar-refractivity contribution >= 4 is 0 Å². The third-order valence-corrected chi connectivity index (χ3v) is 3.61. The van der Waals surface area contributed by atoms with Gasteiger partial charge in [-0.05, 0) is 44.7 Å². The largest absolute Gasteiger partial charge is 0.329 e. The zero-order chi connectivity index (χ0) is 8.60. The zero-order valence-electron chi connectivity index (χ0n) is 8.05. The van der Waals surface area contributed by atoms with Gasteiger partial charge in [0.2, 0.25) is 0 Å². The molecular formula is C10H20N2. The third-order valence-electron chi connectivity index (χ3n) is 3.61. The Hall–Kier alpha value is -0.0800. The van der Waals surface area contributed by atoms with Gasteiger partial charge in [-0.3, -0.25) is 4.90 Å². The predicted molar refractivity (Wildman–Crippen MR) is 51.0 cm³/mol. The first-order chi connectivity index (χ1) is 5.77. The summed E-state index contributed by atoms with van der Waals surface area (Å²) in [5, 5.41) is 0. The number of rotatable bonds is 2. The highest BCUT2D eigenvalue weighted by Crippen LogP contribution is 2.42. The zero-order valence-corrected chi connectivity index (χ0v) is 8.05. The van der Waals surface area contributed by atoms with Crippen molar-refractivity contribution in [3.8, 4) is 0 Å². The quantitative estimate of drug-likeness (QED) is 0.671. The smallest absolute Gasteiger partial charge is 0.0336 e. The molecule has 0 bridgehead atoms. The SMILES string of the molecule is CC1CC(CN)(N2CCCC2)C1. The Morgan fingerprint density at radius 2 is 1.92 bits per heavy atom. The fraction of sp³-hybridized carbons (Fsp3) is 1.00. The van der Waals surface area contributed by atoms with Crippen LogP contribution in [-0.2, 0) is 0 Å². The molecule has 1 aliphatic carbocycles. The first-order valence-corrected chi connectivity index (χ1v) is 5.22. The fourth-order valence-electron chi connectivity index (χ4n) is 2.98. The summed E-state index contributed by atoms with van der Waals surface area (Å²) in [5.74, 6) is 0.911. The molecule has 2 rings (SSSR count). The molecule has 1 saturated heterocycles. The molecule has 1 saturated carbocycles. The molecular weight excluding hydrogens is 148 g/mol. The Bertz CT molecular complexity index is 155. The van der Waals surface area contributed by atoms with Gasteiger partial charge in [-0.2, -0.15) is 0 Å². The molecule has 0 aromatic rings. The summed E-state index contributed by atoms with van der Waals surface area (Å²) in [5.41, 5.74) is 6.30. The first-order valence-electron chi connectivity index (χ1n) is 5.22. The second-order valence-corrected chi connectivity index (χ2v) is 4.64. The molecule has 70 valence electrons. The van der Waals surface area contributed by atoms with Crippen LogP contribution >= 0.6 is 0 Å². The van der Waals surface area contributed by atoms with E-state index in [2.05, 4.69) is 11.8 Å². The molecule has 0 radical (unpaired) electrons. The van der Waals surface area contributed by atoms with E-state index in [0.717, 1.165) is 12.5 Å². The van der Waals surface area contributed by atoms with E-state index in [1.54, 1.807) is 0 Å². The van der Waals surface area contributed by atoms with Gasteiger partial charge >= 0.3 is 0 Å². The van der Waals surface area contributed by atoms with Crippen molar-refractivity contribution < 1.29 is 0 Å². The maximum Gasteiger partial charge on any atom is 0.0336 e. The number of likely N-dealkylation sites (tertiary alicyclic amines) is 1. The molecule has 0 aromatic heterocycles. The van der Waals surface area contributed by atoms with Crippen LogP contribution in [0.2, 0.25) is 0 Å². The molecule has 0 spiro atoms. The van der Waals surface area contributed by atoms with Crippen molar-refractivity contribution in [2.75, 3.05) is 19.6 Å². The molecule has 12 heavy (non-hydrogen) atoms. The summed E-state index contributed by atoms with van der Waals surface area (Å²) in [6.07, 6.45) is 5.44. The standard InChI is InChI=1S/C10H20N2/c1-9-6-10(7-9,8-11)12-4-2-3-5-12/h9H,2-8,11H2,1H3. The summed E-state index contributed by atoms with van der Waals surface area (Å²) in [7, 11) is 0. The maximum absolute atomic E-state index is 5.87. The second-order valence-electron chi connectivity index (χ2n) is 4.64. The Morgan fingerprint density at radius 1 is 1.33 bits per heavy atom. The van der Waals surface area contributed by atoms with Crippen LogP contribution in [0.1, 0.15) is 32.6 Å². The number of hydrogen-bond acceptors (Lipinski definition) is 2. The van der Waals surface area contributed by atoms with E-state index >= 15 is 0 Å². The average molecular weight is 168 g/mol. The van der Waals surface area contributed by atoms with E-state index in [1.807, 2.05) is 0 Å². The molecule has 0 unspecified atom stereocenters. The van der Waals surface area contributed by atoms with Crippen molar-refractivity contribution in [1.82, 2.24) is 4.90 Å². The number of nitrogens with zero attached hydrogens (tertiary/aromatic N) is 1. The highest BCUT2D eigenvalue weighted by atomic mass is 15.2. The topological polar surface area (TPSA) is 29.3 Å². The van der Waals surface area contributed by atoms with Crippen molar-refractivity contribution in [2.24, 2.45) is 11.7 Å². The molecule has 0 aromatic carbocycles. The summed E-state index contributed by atoms with van der Waals surface area (Å²) < 4.78 is 0. The summed E-state index contributed by atoms with van der Waals surface area (Å²) in [6.45, 7) is 5.80. The molecule has 0 atom stereocenters. The van der Waals surface area contributed by atoms with Gasteiger partial charge in [-0.15, -0.1) is 0 Å². The average Bonchev–Trinajstić information content (AvgIpc) is 2.50. The van der Waals surface area contributed by atoms with Crippen molar-refractivity contribution in [1.29, 1.82) is 0 Å². The van der Waals surface area contributed by atoms with Crippen LogP contribution < -0.4 is 5.73 Å². The lowest BCUT2D eigenvalue weighted by Crippen LogP contribution is -2.60. The fourth-order valence-corrected chi connectivity index (χ4v) is 2.98. The molecule has 0 amide bonds. The van der Waals surface area contributed by atoms with Crippen LogP contribution in [0.5, 0.6) is 0 Å². The van der Waals surface area contributed by atoms with Gasteiger partial charge in [0, 0.05) is 12.1 Å². The van der Waals surface area contributed by atoms with Gasteiger partial charge in [0.05, 0.1) is 0 Å². The van der Waals surface area contributed by atoms with E-state index in [9.17, 15) is 0 Å². The first kappa shape index (κ1) is 8.52. The van der Waals surface area contributed by atoms with Gasteiger partial charge in [0.15, 0.2) is 0 Å². The molecule has 2 fully saturated rings. The number of nitrogens with two attached hydrogens (primary N) is 1. The molecule has 2 aliphatic rings. The monoisotopic (exact) mass is 168 g/mol. The van der Waals surface area contributed by atoms with Crippen LogP contribution in [-0.4, -0.2) is 30.1 Å². The number of hydrogen-bond donors (Lipinski definition) is 1. The maximum atomic E-state index is 5.87. The minimum Gasteiger partial charge on any atom is -0.329 e. The Balaban J connectivity index is 1.98. The normalized spacial score (nSPS) is 43.0. The van der Waals surface area contributed by atoms with E-state index in [0.29, 0.717) is 5.54 Å². The Labute approximate surface area is 75.1 Å². The van der Waals surface area contributed by atoms with E-state index in [1.165, 1.54) is 38.8 Å². The van der Waals surface area contributed by atoms with Crippen molar-refractivity contribution in [3.05, 3.63) is 0 Å². The highest BCUT2D eigenvalue weighted by molar-refractivity contribution is 5.03. The van der Waals surface area contributed by atoms with Gasteiger partial charge in [-0.25, -0.2) is 0 Å². The predicted octanol–water partition coefficient (Wildman–Crippen LogP) is 1.21. The van der Waals surface area contributed by atoms with Crippen LogP contribution in [0, 0.1) is 5.92 Å². The van der Waals surface area contributed by atoms with Crippen LogP contribution in [0.15, 0.2) is 0 Å². The lowest BCUT2D eigenvalue weighted by atomic mass is 9.68. The third kappa shape index (κ3) is 1.17. The molecule has 1 heterocycles. The summed E-state index contributed by atoms with van der Waals surface area (Å²) in [6, 6.07) is 0. The van der Waals surface area contributed by atoms with Crippen LogP contribution in [0.3, 0.4) is 0 Å². The summed E-state index contributed by atoms with van der Waals surface area (Å²) in [4.78, 5) is 2.63. The highest BCUT2D eigenvalue weighted by Gasteiger charge is 2.45. The minimum atomic E-state index is 0.427. The minimum absolute atomic E-state index is 0.427. The van der Waals surface area contributed by atoms with Gasteiger partial charge in [0.25, 0.3) is 0 Å². The van der Waals surface area contributed by atoms with Crippen molar-refractivity contribution in [2.45, 2.75) is 38.1 Å². The van der Waals surface area contributed by atoms with Gasteiger partial charge in [-0.1, -0.05) is 6.92 Å². The van der Waals surface area contributed by atoms with E-state index in [-0.39, 0.29) is 0 Å². The molecule has 2 nitrogen and oxygen atoms in total. The van der Waals surface area contributed by atoms with Gasteiger partial charge in [0.1, 0.15) is 0 Å². The van der Waals surface area contributed by atoms with Crippen LogP contribution in [0.4, 0.5) is 0 Å². The Morgan fingerprint density at radius 3 is 2.33 bits per heavy atom. The van der Waals surface area contributed by atoms with Crippen molar-refractivity contribution in [3.63, 3.8) is 0 Å². The lowest BCUT2D eigenvalue weighted by Gasteiger charge is -2.52. The molecule has 2 N–H and O–H groups in total. The summed E-state index contributed by atoms with van der Waals surface area (Å²) >= 11 is 0. The van der Waals surface area contributed by atoms with E-state index < -0.39 is 0 Å². The van der Waals surface area contributed by atoms with Crippen LogP contribution in [0.25, 0.3) is 0 Å². The van der Waals surface area contributed by atoms with E-state index in [4.69, 9.17) is 5.73 Å². The second kappa shape index (κ2) is 3.00. The Kier molecular flexibility index (Phi) is 2.13. The molecule has 1 aliphatic heterocycles. The van der Waals surface area contributed by atoms with Gasteiger partial charge < -0.3 is 5.73 Å². The molecule has 2 heteroatoms. The lowest BCUT2D eigenvalue weighted by molar-refractivity contribution is 0.00401.